The first-order valence-corrected chi connectivity index (χ1v) is 13.7. The molecule has 0 aromatic heterocycles. The van der Waals surface area contributed by atoms with Gasteiger partial charge in [-0.25, -0.2) is 0 Å². The fourth-order valence-corrected chi connectivity index (χ4v) is 5.09. The van der Waals surface area contributed by atoms with Crippen LogP contribution in [0.25, 0.3) is 0 Å². The third-order valence-electron chi connectivity index (χ3n) is 5.55. The van der Waals surface area contributed by atoms with Crippen molar-refractivity contribution in [3.8, 4) is 0 Å². The SMILES string of the molecule is Cc1ccc(SCCC(=O)N(Cc2cccc(Br)c2)[C@H](Cc2ccccc2)C(=O)NC(C)C)cc1. The van der Waals surface area contributed by atoms with Crippen LogP contribution >= 0.6 is 27.7 Å². The molecule has 0 fully saturated rings. The first kappa shape index (κ1) is 27.0. The van der Waals surface area contributed by atoms with Crippen molar-refractivity contribution < 1.29 is 9.59 Å². The Labute approximate surface area is 221 Å². The van der Waals surface area contributed by atoms with Crippen molar-refractivity contribution in [1.82, 2.24) is 10.2 Å². The highest BCUT2D eigenvalue weighted by Gasteiger charge is 2.30. The minimum atomic E-state index is -0.601. The highest BCUT2D eigenvalue weighted by Crippen LogP contribution is 2.22. The number of carbonyl (C=O) groups is 2. The zero-order valence-electron chi connectivity index (χ0n) is 20.5. The average Bonchev–Trinajstić information content (AvgIpc) is 2.82. The molecule has 0 saturated heterocycles. The first-order chi connectivity index (χ1) is 16.8. The van der Waals surface area contributed by atoms with Crippen molar-refractivity contribution in [1.29, 1.82) is 0 Å². The third kappa shape index (κ3) is 8.86. The summed E-state index contributed by atoms with van der Waals surface area (Å²) >= 11 is 5.19. The van der Waals surface area contributed by atoms with E-state index in [1.165, 1.54) is 5.56 Å². The number of benzene rings is 3. The zero-order chi connectivity index (χ0) is 25.2. The van der Waals surface area contributed by atoms with E-state index in [2.05, 4.69) is 52.4 Å². The molecule has 0 spiro atoms. The average molecular weight is 554 g/mol. The minimum absolute atomic E-state index is 0.0133. The van der Waals surface area contributed by atoms with Gasteiger partial charge < -0.3 is 10.2 Å². The van der Waals surface area contributed by atoms with E-state index in [4.69, 9.17) is 0 Å². The standard InChI is InChI=1S/C29H33BrN2O2S/c1-21(2)31-29(34)27(19-23-8-5-4-6-9-23)32(20-24-10-7-11-25(30)18-24)28(33)16-17-35-26-14-12-22(3)13-15-26/h4-15,18,21,27H,16-17,19-20H2,1-3H3,(H,31,34)/t27-/m1/s1. The highest BCUT2D eigenvalue weighted by molar-refractivity contribution is 9.10. The van der Waals surface area contributed by atoms with Crippen LogP contribution in [-0.4, -0.2) is 34.6 Å². The summed E-state index contributed by atoms with van der Waals surface area (Å²) in [6.45, 7) is 6.32. The van der Waals surface area contributed by atoms with E-state index in [0.29, 0.717) is 25.1 Å². The monoisotopic (exact) mass is 552 g/mol. The number of amides is 2. The summed E-state index contributed by atoms with van der Waals surface area (Å²) in [7, 11) is 0. The van der Waals surface area contributed by atoms with Crippen LogP contribution in [0.1, 0.15) is 37.0 Å². The van der Waals surface area contributed by atoms with Crippen molar-refractivity contribution in [3.05, 3.63) is 100 Å². The van der Waals surface area contributed by atoms with E-state index >= 15 is 0 Å². The van der Waals surface area contributed by atoms with Crippen molar-refractivity contribution in [2.45, 2.75) is 57.1 Å². The van der Waals surface area contributed by atoms with Crippen LogP contribution in [-0.2, 0) is 22.6 Å². The second-order valence-corrected chi connectivity index (χ2v) is 11.0. The number of hydrogen-bond acceptors (Lipinski definition) is 3. The smallest absolute Gasteiger partial charge is 0.243 e. The summed E-state index contributed by atoms with van der Waals surface area (Å²) in [6, 6.07) is 25.5. The molecule has 6 heteroatoms. The highest BCUT2D eigenvalue weighted by atomic mass is 79.9. The van der Waals surface area contributed by atoms with Crippen molar-refractivity contribution in [3.63, 3.8) is 0 Å². The molecule has 35 heavy (non-hydrogen) atoms. The Hall–Kier alpha value is -2.57. The molecule has 0 aliphatic carbocycles. The quantitative estimate of drug-likeness (QED) is 0.280. The largest absolute Gasteiger partial charge is 0.352 e. The lowest BCUT2D eigenvalue weighted by molar-refractivity contribution is -0.141. The summed E-state index contributed by atoms with van der Waals surface area (Å²) in [4.78, 5) is 29.9. The van der Waals surface area contributed by atoms with Crippen molar-refractivity contribution in [2.24, 2.45) is 0 Å². The number of halogens is 1. The molecule has 3 aromatic rings. The maximum Gasteiger partial charge on any atom is 0.243 e. The van der Waals surface area contributed by atoms with Crippen LogP contribution < -0.4 is 5.32 Å². The van der Waals surface area contributed by atoms with Gasteiger partial charge in [-0.3, -0.25) is 9.59 Å². The third-order valence-corrected chi connectivity index (χ3v) is 7.06. The number of aryl methyl sites for hydroxylation is 1. The number of carbonyl (C=O) groups excluding carboxylic acids is 2. The maximum atomic E-state index is 13.6. The number of hydrogen-bond donors (Lipinski definition) is 1. The van der Waals surface area contributed by atoms with Gasteiger partial charge in [0.05, 0.1) is 0 Å². The van der Waals surface area contributed by atoms with E-state index in [9.17, 15) is 9.59 Å². The maximum absolute atomic E-state index is 13.6. The second-order valence-electron chi connectivity index (χ2n) is 8.93. The van der Waals surface area contributed by atoms with Gasteiger partial charge in [0.1, 0.15) is 6.04 Å². The Kier molecular flexibility index (Phi) is 10.4. The van der Waals surface area contributed by atoms with E-state index < -0.39 is 6.04 Å². The molecule has 0 heterocycles. The summed E-state index contributed by atoms with van der Waals surface area (Å²) in [5.74, 6) is 0.503. The topological polar surface area (TPSA) is 49.4 Å². The van der Waals surface area contributed by atoms with Crippen LogP contribution in [0.15, 0.2) is 88.2 Å². The molecule has 0 bridgehead atoms. The van der Waals surface area contributed by atoms with Crippen molar-refractivity contribution in [2.75, 3.05) is 5.75 Å². The minimum Gasteiger partial charge on any atom is -0.352 e. The summed E-state index contributed by atoms with van der Waals surface area (Å²) in [5.41, 5.74) is 3.22. The Bertz CT molecular complexity index is 1100. The van der Waals surface area contributed by atoms with E-state index in [1.807, 2.05) is 68.4 Å². The zero-order valence-corrected chi connectivity index (χ0v) is 22.9. The van der Waals surface area contributed by atoms with Gasteiger partial charge >= 0.3 is 0 Å². The molecule has 0 aliphatic heterocycles. The van der Waals surface area contributed by atoms with Gasteiger partial charge in [-0.1, -0.05) is 76.1 Å². The van der Waals surface area contributed by atoms with Gasteiger partial charge in [0, 0.05) is 40.5 Å². The first-order valence-electron chi connectivity index (χ1n) is 11.9. The Balaban J connectivity index is 1.84. The number of nitrogens with zero attached hydrogens (tertiary/aromatic N) is 1. The number of rotatable bonds is 11. The van der Waals surface area contributed by atoms with Gasteiger partial charge in [0.25, 0.3) is 0 Å². The summed E-state index contributed by atoms with van der Waals surface area (Å²) in [5, 5.41) is 3.04. The van der Waals surface area contributed by atoms with Gasteiger partial charge in [-0.2, -0.15) is 0 Å². The van der Waals surface area contributed by atoms with Gasteiger partial charge in [-0.15, -0.1) is 11.8 Å². The summed E-state index contributed by atoms with van der Waals surface area (Å²) in [6.07, 6.45) is 0.817. The van der Waals surface area contributed by atoms with Crippen LogP contribution in [0.2, 0.25) is 0 Å². The van der Waals surface area contributed by atoms with E-state index in [0.717, 1.165) is 20.5 Å². The molecule has 3 aromatic carbocycles. The Morgan fingerprint density at radius 3 is 2.29 bits per heavy atom. The lowest BCUT2D eigenvalue weighted by atomic mass is 10.0. The number of thioether (sulfide) groups is 1. The molecule has 0 saturated carbocycles. The predicted octanol–water partition coefficient (Wildman–Crippen LogP) is 6.40. The van der Waals surface area contributed by atoms with Crippen molar-refractivity contribution >= 4 is 39.5 Å². The predicted molar refractivity (Wildman–Crippen MR) is 148 cm³/mol. The molecule has 3 rings (SSSR count). The molecular formula is C29H33BrN2O2S. The molecule has 1 N–H and O–H groups in total. The van der Waals surface area contributed by atoms with Crippen LogP contribution in [0.3, 0.4) is 0 Å². The molecule has 1 atom stereocenters. The molecule has 2 amide bonds. The summed E-state index contributed by atoms with van der Waals surface area (Å²) < 4.78 is 0.948. The second kappa shape index (κ2) is 13.5. The lowest BCUT2D eigenvalue weighted by Gasteiger charge is -2.32. The Morgan fingerprint density at radius 2 is 1.63 bits per heavy atom. The Morgan fingerprint density at radius 1 is 0.943 bits per heavy atom. The fourth-order valence-electron chi connectivity index (χ4n) is 3.80. The van der Waals surface area contributed by atoms with Crippen LogP contribution in [0.5, 0.6) is 0 Å². The van der Waals surface area contributed by atoms with Gasteiger partial charge in [0.15, 0.2) is 0 Å². The molecule has 0 radical (unpaired) electrons. The number of nitrogens with one attached hydrogen (secondary N) is 1. The van der Waals surface area contributed by atoms with Gasteiger partial charge in [-0.05, 0) is 56.2 Å². The van der Waals surface area contributed by atoms with Crippen LogP contribution in [0, 0.1) is 6.92 Å². The molecular weight excluding hydrogens is 520 g/mol. The fraction of sp³-hybridized carbons (Fsp3) is 0.310. The van der Waals surface area contributed by atoms with Gasteiger partial charge in [0.2, 0.25) is 11.8 Å². The lowest BCUT2D eigenvalue weighted by Crippen LogP contribution is -2.51. The van der Waals surface area contributed by atoms with E-state index in [-0.39, 0.29) is 17.9 Å². The molecule has 4 nitrogen and oxygen atoms in total. The van der Waals surface area contributed by atoms with E-state index in [1.54, 1.807) is 16.7 Å². The van der Waals surface area contributed by atoms with Crippen LogP contribution in [0.4, 0.5) is 0 Å². The molecule has 0 unspecified atom stereocenters. The molecule has 0 aliphatic rings. The molecule has 184 valence electrons. The normalized spacial score (nSPS) is 11.8.